The predicted octanol–water partition coefficient (Wildman–Crippen LogP) is 5.86. The molecule has 0 amide bonds. The number of rotatable bonds is 12. The first-order valence-corrected chi connectivity index (χ1v) is 8.22. The molecule has 3 atom stereocenters. The summed E-state index contributed by atoms with van der Waals surface area (Å²) in [6.45, 7) is 23.6. The SMILES string of the molecule is C=CCC(C=C)P(C(C=C)CC=C)C(C=C)CC=C. The molecule has 0 rings (SSSR count). The molecule has 0 radical (unpaired) electrons. The highest BCUT2D eigenvalue weighted by molar-refractivity contribution is 7.60. The fourth-order valence-corrected chi connectivity index (χ4v) is 5.65. The lowest BCUT2D eigenvalue weighted by molar-refractivity contribution is 0.938. The normalized spacial score (nSPS) is 16.4. The van der Waals surface area contributed by atoms with Crippen molar-refractivity contribution in [2.75, 3.05) is 0 Å². The van der Waals surface area contributed by atoms with Crippen molar-refractivity contribution < 1.29 is 0 Å². The van der Waals surface area contributed by atoms with Crippen LogP contribution in [0.5, 0.6) is 0 Å². The maximum absolute atomic E-state index is 4.00. The van der Waals surface area contributed by atoms with E-state index in [0.717, 1.165) is 19.3 Å². The van der Waals surface area contributed by atoms with Gasteiger partial charge in [0.05, 0.1) is 0 Å². The third-order valence-electron chi connectivity index (χ3n) is 3.19. The third-order valence-corrected chi connectivity index (χ3v) is 6.75. The Balaban J connectivity index is 5.37. The highest BCUT2D eigenvalue weighted by Gasteiger charge is 2.29. The van der Waals surface area contributed by atoms with Gasteiger partial charge in [0.25, 0.3) is 0 Å². The molecule has 0 aliphatic rings. The molecule has 104 valence electrons. The molecule has 0 aliphatic carbocycles. The van der Waals surface area contributed by atoms with Crippen LogP contribution in [-0.2, 0) is 0 Å². The maximum atomic E-state index is 4.00. The lowest BCUT2D eigenvalue weighted by Gasteiger charge is -2.35. The van der Waals surface area contributed by atoms with Crippen LogP contribution < -0.4 is 0 Å². The Hall–Kier alpha value is -1.13. The first-order chi connectivity index (χ1) is 9.19. The van der Waals surface area contributed by atoms with Crippen molar-refractivity contribution in [3.05, 3.63) is 75.9 Å². The summed E-state index contributed by atoms with van der Waals surface area (Å²) in [5.41, 5.74) is 1.33. The van der Waals surface area contributed by atoms with Crippen LogP contribution >= 0.6 is 7.92 Å². The summed E-state index contributed by atoms with van der Waals surface area (Å²) < 4.78 is 0. The molecule has 1 heteroatoms. The summed E-state index contributed by atoms with van der Waals surface area (Å²) in [7, 11) is -0.337. The standard InChI is InChI=1S/C18H27P/c1-7-13-16(10-4)19(17(11-5)14-8-2)18(12-6)15-9-3/h7-12,16-18H,1-6,13-15H2. The van der Waals surface area contributed by atoms with Gasteiger partial charge in [-0.25, -0.2) is 0 Å². The van der Waals surface area contributed by atoms with E-state index in [-0.39, 0.29) is 7.92 Å². The smallest absolute Gasteiger partial charge is 0.00129 e. The van der Waals surface area contributed by atoms with Gasteiger partial charge in [0.1, 0.15) is 0 Å². The average Bonchev–Trinajstić information content (AvgIpc) is 2.43. The Morgan fingerprint density at radius 2 is 0.842 bits per heavy atom. The molecule has 0 N–H and O–H groups in total. The molecule has 19 heavy (non-hydrogen) atoms. The van der Waals surface area contributed by atoms with Gasteiger partial charge < -0.3 is 0 Å². The number of hydrogen-bond acceptors (Lipinski definition) is 0. The third kappa shape index (κ3) is 5.57. The van der Waals surface area contributed by atoms with Crippen LogP contribution in [0.3, 0.4) is 0 Å². The largest absolute Gasteiger partial charge is 0.103 e. The molecular formula is C18H27P. The van der Waals surface area contributed by atoms with Gasteiger partial charge in [-0.2, -0.15) is 0 Å². The topological polar surface area (TPSA) is 0 Å². The van der Waals surface area contributed by atoms with E-state index < -0.39 is 0 Å². The summed E-state index contributed by atoms with van der Waals surface area (Å²) in [6.07, 6.45) is 15.0. The van der Waals surface area contributed by atoms with E-state index in [1.54, 1.807) is 0 Å². The molecule has 0 heterocycles. The van der Waals surface area contributed by atoms with Gasteiger partial charge in [-0.1, -0.05) is 44.4 Å². The van der Waals surface area contributed by atoms with Crippen LogP contribution in [0.15, 0.2) is 75.9 Å². The zero-order valence-corrected chi connectivity index (χ0v) is 12.9. The van der Waals surface area contributed by atoms with E-state index in [9.17, 15) is 0 Å². The van der Waals surface area contributed by atoms with Crippen LogP contribution in [0, 0.1) is 0 Å². The number of allylic oxidation sites excluding steroid dienone is 6. The zero-order valence-electron chi connectivity index (χ0n) is 12.0. The highest BCUT2D eigenvalue weighted by Crippen LogP contribution is 2.55. The second-order valence-electron chi connectivity index (χ2n) is 4.43. The van der Waals surface area contributed by atoms with Crippen molar-refractivity contribution in [2.24, 2.45) is 0 Å². The van der Waals surface area contributed by atoms with E-state index in [1.165, 1.54) is 0 Å². The van der Waals surface area contributed by atoms with Crippen molar-refractivity contribution in [2.45, 2.75) is 36.2 Å². The van der Waals surface area contributed by atoms with Crippen molar-refractivity contribution in [1.29, 1.82) is 0 Å². The summed E-state index contributed by atoms with van der Waals surface area (Å²) in [5, 5.41) is 0. The Morgan fingerprint density at radius 3 is 1.00 bits per heavy atom. The zero-order chi connectivity index (χ0) is 14.7. The second-order valence-corrected chi connectivity index (χ2v) is 7.31. The molecular weight excluding hydrogens is 247 g/mol. The fourth-order valence-electron chi connectivity index (χ4n) is 2.27. The van der Waals surface area contributed by atoms with E-state index in [2.05, 4.69) is 57.7 Å². The quantitative estimate of drug-likeness (QED) is 0.309. The van der Waals surface area contributed by atoms with Gasteiger partial charge >= 0.3 is 0 Å². The molecule has 0 aromatic heterocycles. The summed E-state index contributed by atoms with van der Waals surface area (Å²) in [6, 6.07) is 0. The van der Waals surface area contributed by atoms with Gasteiger partial charge in [-0.15, -0.1) is 39.5 Å². The van der Waals surface area contributed by atoms with E-state index in [4.69, 9.17) is 0 Å². The summed E-state index contributed by atoms with van der Waals surface area (Å²) >= 11 is 0. The lowest BCUT2D eigenvalue weighted by Crippen LogP contribution is -2.19. The van der Waals surface area contributed by atoms with Crippen LogP contribution in [0.4, 0.5) is 0 Å². The highest BCUT2D eigenvalue weighted by atomic mass is 31.1. The van der Waals surface area contributed by atoms with Crippen molar-refractivity contribution >= 4 is 7.92 Å². The lowest BCUT2D eigenvalue weighted by atomic mass is 10.3. The molecule has 0 saturated heterocycles. The Morgan fingerprint density at radius 1 is 0.579 bits per heavy atom. The Labute approximate surface area is 120 Å². The van der Waals surface area contributed by atoms with E-state index >= 15 is 0 Å². The minimum Gasteiger partial charge on any atom is -0.103 e. The van der Waals surface area contributed by atoms with Gasteiger partial charge in [0.15, 0.2) is 0 Å². The molecule has 0 aromatic carbocycles. The molecule has 0 saturated carbocycles. The van der Waals surface area contributed by atoms with E-state index in [0.29, 0.717) is 17.0 Å². The summed E-state index contributed by atoms with van der Waals surface area (Å²) in [5.74, 6) is 0. The predicted molar refractivity (Wildman–Crippen MR) is 93.3 cm³/mol. The average molecular weight is 274 g/mol. The van der Waals surface area contributed by atoms with Crippen molar-refractivity contribution in [3.63, 3.8) is 0 Å². The molecule has 0 bridgehead atoms. The fraction of sp³-hybridized carbons (Fsp3) is 0.333. The molecule has 0 nitrogen and oxygen atoms in total. The monoisotopic (exact) mass is 274 g/mol. The first-order valence-electron chi connectivity index (χ1n) is 6.67. The van der Waals surface area contributed by atoms with Gasteiger partial charge in [0, 0.05) is 17.0 Å². The van der Waals surface area contributed by atoms with E-state index in [1.807, 2.05) is 18.2 Å². The Bertz CT molecular complexity index is 274. The molecule has 0 fully saturated rings. The van der Waals surface area contributed by atoms with Crippen molar-refractivity contribution in [1.82, 2.24) is 0 Å². The van der Waals surface area contributed by atoms with Gasteiger partial charge in [-0.05, 0) is 19.3 Å². The Kier molecular flexibility index (Phi) is 10.1. The first kappa shape index (κ1) is 17.9. The van der Waals surface area contributed by atoms with Crippen LogP contribution in [0.25, 0.3) is 0 Å². The van der Waals surface area contributed by atoms with Crippen LogP contribution in [0.2, 0.25) is 0 Å². The molecule has 0 aromatic rings. The van der Waals surface area contributed by atoms with Crippen LogP contribution in [0.1, 0.15) is 19.3 Å². The molecule has 0 spiro atoms. The van der Waals surface area contributed by atoms with Crippen molar-refractivity contribution in [3.8, 4) is 0 Å². The second kappa shape index (κ2) is 10.8. The minimum atomic E-state index is -0.337. The van der Waals surface area contributed by atoms with Gasteiger partial charge in [-0.3, -0.25) is 0 Å². The molecule has 0 aliphatic heterocycles. The maximum Gasteiger partial charge on any atom is 0.00129 e. The number of hydrogen-bond donors (Lipinski definition) is 0. The minimum absolute atomic E-state index is 0.337. The van der Waals surface area contributed by atoms with Gasteiger partial charge in [0.2, 0.25) is 0 Å². The summed E-state index contributed by atoms with van der Waals surface area (Å²) in [4.78, 5) is 0. The van der Waals surface area contributed by atoms with Crippen LogP contribution in [-0.4, -0.2) is 17.0 Å². The molecule has 3 unspecified atom stereocenters.